The van der Waals surface area contributed by atoms with Gasteiger partial charge in [-0.25, -0.2) is 4.79 Å². The molecule has 0 fully saturated rings. The molecule has 0 heterocycles. The molecule has 104 valence electrons. The number of benzene rings is 1. The highest BCUT2D eigenvalue weighted by molar-refractivity contribution is 6.87. The molecule has 1 rings (SSSR count). The average molecular weight is 278 g/mol. The molecule has 0 bridgehead atoms. The number of rotatable bonds is 5. The van der Waals surface area contributed by atoms with Crippen LogP contribution in [0.3, 0.4) is 0 Å². The molecule has 0 aliphatic carbocycles. The maximum atomic E-state index is 12.1. The van der Waals surface area contributed by atoms with Gasteiger partial charge >= 0.3 is 5.97 Å². The van der Waals surface area contributed by atoms with Crippen molar-refractivity contribution in [3.63, 3.8) is 0 Å². The number of methoxy groups -OCH3 is 1. The van der Waals surface area contributed by atoms with Crippen LogP contribution < -0.4 is 4.74 Å². The number of ether oxygens (including phenoxy) is 2. The van der Waals surface area contributed by atoms with Gasteiger partial charge in [-0.15, -0.1) is 0 Å². The molecule has 0 unspecified atom stereocenters. The Morgan fingerprint density at radius 1 is 1.32 bits per heavy atom. The number of hydrogen-bond acceptors (Lipinski definition) is 3. The van der Waals surface area contributed by atoms with E-state index in [0.29, 0.717) is 6.61 Å². The van der Waals surface area contributed by atoms with Crippen LogP contribution in [0.15, 0.2) is 29.5 Å². The van der Waals surface area contributed by atoms with Gasteiger partial charge in [0, 0.05) is 5.20 Å². The molecule has 0 saturated heterocycles. The standard InChI is InChI=1S/C15H22O3Si/c1-6-18-15(16)14(19(3,4)5)11-12-8-7-9-13(10-12)17-2/h7-11H,6H2,1-5H3/b14-11+. The van der Waals surface area contributed by atoms with Gasteiger partial charge in [0.25, 0.3) is 0 Å². The monoisotopic (exact) mass is 278 g/mol. The Morgan fingerprint density at radius 3 is 2.53 bits per heavy atom. The van der Waals surface area contributed by atoms with Crippen molar-refractivity contribution in [2.24, 2.45) is 0 Å². The number of hydrogen-bond donors (Lipinski definition) is 0. The van der Waals surface area contributed by atoms with Crippen molar-refractivity contribution >= 4 is 20.1 Å². The second kappa shape index (κ2) is 6.57. The SMILES string of the molecule is CCOC(=O)/C(=C\c1cccc(OC)c1)[Si](C)(C)C. The van der Waals surface area contributed by atoms with E-state index in [9.17, 15) is 4.79 Å². The van der Waals surface area contributed by atoms with E-state index in [0.717, 1.165) is 16.5 Å². The van der Waals surface area contributed by atoms with Crippen molar-refractivity contribution in [2.75, 3.05) is 13.7 Å². The van der Waals surface area contributed by atoms with Gasteiger partial charge in [0.15, 0.2) is 0 Å². The Hall–Kier alpha value is -1.55. The quantitative estimate of drug-likeness (QED) is 0.469. The summed E-state index contributed by atoms with van der Waals surface area (Å²) in [5.74, 6) is 0.581. The zero-order valence-electron chi connectivity index (χ0n) is 12.3. The van der Waals surface area contributed by atoms with Crippen molar-refractivity contribution in [3.8, 4) is 5.75 Å². The summed E-state index contributed by atoms with van der Waals surface area (Å²) in [5.41, 5.74) is 0.963. The molecular weight excluding hydrogens is 256 g/mol. The van der Waals surface area contributed by atoms with Crippen LogP contribution in [0.1, 0.15) is 12.5 Å². The fraction of sp³-hybridized carbons (Fsp3) is 0.400. The van der Waals surface area contributed by atoms with Crippen LogP contribution in [0.25, 0.3) is 6.08 Å². The summed E-state index contributed by atoms with van der Waals surface area (Å²) in [6, 6.07) is 7.68. The Balaban J connectivity index is 3.16. The van der Waals surface area contributed by atoms with Crippen LogP contribution in [-0.4, -0.2) is 27.8 Å². The molecule has 0 aliphatic rings. The molecule has 0 saturated carbocycles. The lowest BCUT2D eigenvalue weighted by Gasteiger charge is -2.19. The van der Waals surface area contributed by atoms with E-state index in [1.165, 1.54) is 0 Å². The number of carbonyl (C=O) groups is 1. The second-order valence-electron chi connectivity index (χ2n) is 5.31. The summed E-state index contributed by atoms with van der Waals surface area (Å²) in [5, 5.41) is 0.794. The van der Waals surface area contributed by atoms with E-state index in [1.54, 1.807) is 7.11 Å². The zero-order chi connectivity index (χ0) is 14.5. The van der Waals surface area contributed by atoms with Crippen LogP contribution >= 0.6 is 0 Å². The first kappa shape index (κ1) is 15.5. The Labute approximate surface area is 116 Å². The minimum Gasteiger partial charge on any atom is -0.497 e. The molecule has 4 heteroatoms. The van der Waals surface area contributed by atoms with Crippen molar-refractivity contribution in [1.82, 2.24) is 0 Å². The first-order valence-electron chi connectivity index (χ1n) is 6.42. The fourth-order valence-corrected chi connectivity index (χ4v) is 2.97. The van der Waals surface area contributed by atoms with Gasteiger partial charge in [-0.1, -0.05) is 31.8 Å². The van der Waals surface area contributed by atoms with Crippen LogP contribution in [0.4, 0.5) is 0 Å². The van der Waals surface area contributed by atoms with Gasteiger partial charge < -0.3 is 9.47 Å². The van der Waals surface area contributed by atoms with Crippen LogP contribution in [0, 0.1) is 0 Å². The number of esters is 1. The first-order chi connectivity index (χ1) is 8.88. The van der Waals surface area contributed by atoms with Gasteiger partial charge in [0.2, 0.25) is 0 Å². The van der Waals surface area contributed by atoms with Gasteiger partial charge in [0.1, 0.15) is 5.75 Å². The van der Waals surface area contributed by atoms with Gasteiger partial charge in [0.05, 0.1) is 21.8 Å². The average Bonchev–Trinajstić information content (AvgIpc) is 2.35. The zero-order valence-corrected chi connectivity index (χ0v) is 13.3. The molecule has 0 atom stereocenters. The van der Waals surface area contributed by atoms with E-state index in [-0.39, 0.29) is 5.97 Å². The molecule has 0 radical (unpaired) electrons. The minimum atomic E-state index is -1.75. The highest BCUT2D eigenvalue weighted by Gasteiger charge is 2.26. The lowest BCUT2D eigenvalue weighted by atomic mass is 10.2. The van der Waals surface area contributed by atoms with Crippen molar-refractivity contribution in [2.45, 2.75) is 26.6 Å². The molecule has 0 aromatic heterocycles. The summed E-state index contributed by atoms with van der Waals surface area (Å²) in [7, 11) is -0.119. The first-order valence-corrected chi connectivity index (χ1v) is 9.92. The number of carbonyl (C=O) groups excluding carboxylic acids is 1. The highest BCUT2D eigenvalue weighted by atomic mass is 28.3. The topological polar surface area (TPSA) is 35.5 Å². The predicted octanol–water partition coefficient (Wildman–Crippen LogP) is 3.52. The Morgan fingerprint density at radius 2 is 2.00 bits per heavy atom. The molecule has 0 aliphatic heterocycles. The van der Waals surface area contributed by atoms with Crippen molar-refractivity contribution < 1.29 is 14.3 Å². The smallest absolute Gasteiger partial charge is 0.329 e. The van der Waals surface area contributed by atoms with Crippen LogP contribution in [0.2, 0.25) is 19.6 Å². The van der Waals surface area contributed by atoms with E-state index >= 15 is 0 Å². The lowest BCUT2D eigenvalue weighted by Crippen LogP contribution is -2.30. The summed E-state index contributed by atoms with van der Waals surface area (Å²) in [6.07, 6.45) is 1.92. The van der Waals surface area contributed by atoms with Gasteiger partial charge in [-0.2, -0.15) is 0 Å². The lowest BCUT2D eigenvalue weighted by molar-refractivity contribution is -0.137. The van der Waals surface area contributed by atoms with Crippen LogP contribution in [0.5, 0.6) is 5.75 Å². The molecular formula is C15H22O3Si. The third-order valence-electron chi connectivity index (χ3n) is 2.71. The predicted molar refractivity (Wildman–Crippen MR) is 81.0 cm³/mol. The van der Waals surface area contributed by atoms with Crippen LogP contribution in [-0.2, 0) is 9.53 Å². The van der Waals surface area contributed by atoms with E-state index in [1.807, 2.05) is 37.3 Å². The summed E-state index contributed by atoms with van der Waals surface area (Å²) >= 11 is 0. The normalized spacial score (nSPS) is 12.2. The maximum Gasteiger partial charge on any atom is 0.329 e. The second-order valence-corrected chi connectivity index (χ2v) is 10.3. The summed E-state index contributed by atoms with van der Waals surface area (Å²) in [4.78, 5) is 12.1. The van der Waals surface area contributed by atoms with E-state index in [4.69, 9.17) is 9.47 Å². The largest absolute Gasteiger partial charge is 0.497 e. The van der Waals surface area contributed by atoms with Crippen molar-refractivity contribution in [1.29, 1.82) is 0 Å². The maximum absolute atomic E-state index is 12.1. The van der Waals surface area contributed by atoms with Gasteiger partial charge in [-0.05, 0) is 30.7 Å². The molecule has 1 aromatic carbocycles. The molecule has 1 aromatic rings. The Kier molecular flexibility index (Phi) is 5.36. The summed E-state index contributed by atoms with van der Waals surface area (Å²) < 4.78 is 10.4. The molecule has 19 heavy (non-hydrogen) atoms. The third-order valence-corrected chi connectivity index (χ3v) is 4.67. The van der Waals surface area contributed by atoms with Crippen molar-refractivity contribution in [3.05, 3.63) is 35.0 Å². The molecule has 0 amide bonds. The Bertz CT molecular complexity index is 473. The fourth-order valence-electron chi connectivity index (χ4n) is 1.69. The summed E-state index contributed by atoms with van der Waals surface area (Å²) in [6.45, 7) is 8.63. The van der Waals surface area contributed by atoms with E-state index < -0.39 is 8.07 Å². The van der Waals surface area contributed by atoms with Gasteiger partial charge in [-0.3, -0.25) is 0 Å². The van der Waals surface area contributed by atoms with E-state index in [2.05, 4.69) is 19.6 Å². The minimum absolute atomic E-state index is 0.204. The molecule has 0 spiro atoms. The highest BCUT2D eigenvalue weighted by Crippen LogP contribution is 2.22. The third kappa shape index (κ3) is 4.56. The molecule has 3 nitrogen and oxygen atoms in total. The molecule has 0 N–H and O–H groups in total.